The van der Waals surface area contributed by atoms with Crippen LogP contribution in [0.25, 0.3) is 0 Å². The monoisotopic (exact) mass is 371 g/mol. The second-order valence-electron chi connectivity index (χ2n) is 4.64. The molecule has 0 amide bonds. The van der Waals surface area contributed by atoms with Gasteiger partial charge >= 0.3 is 0 Å². The van der Waals surface area contributed by atoms with E-state index in [4.69, 9.17) is 23.2 Å². The van der Waals surface area contributed by atoms with Crippen molar-refractivity contribution in [1.29, 1.82) is 0 Å². The van der Waals surface area contributed by atoms with Crippen molar-refractivity contribution >= 4 is 39.1 Å². The predicted molar refractivity (Wildman–Crippen MR) is 90.9 cm³/mol. The van der Waals surface area contributed by atoms with Crippen LogP contribution in [0.3, 0.4) is 0 Å². The standard InChI is InChI=1S/C16H16BrCl2N/c1-3-20-16(11-8-7-10(2)14(18)9-11)12-5-4-6-13(17)15(12)19/h4-9,16,20H,3H2,1-2H3. The number of benzene rings is 2. The molecule has 0 radical (unpaired) electrons. The lowest BCUT2D eigenvalue weighted by Crippen LogP contribution is -2.22. The quantitative estimate of drug-likeness (QED) is 0.718. The van der Waals surface area contributed by atoms with E-state index in [-0.39, 0.29) is 6.04 Å². The average molecular weight is 373 g/mol. The van der Waals surface area contributed by atoms with Crippen LogP contribution in [-0.2, 0) is 0 Å². The number of rotatable bonds is 4. The normalized spacial score (nSPS) is 12.4. The minimum atomic E-state index is 0.0306. The molecule has 2 aromatic rings. The van der Waals surface area contributed by atoms with Gasteiger partial charge < -0.3 is 5.32 Å². The van der Waals surface area contributed by atoms with E-state index in [1.54, 1.807) is 0 Å². The predicted octanol–water partition coefficient (Wildman–Crippen LogP) is 5.76. The molecule has 20 heavy (non-hydrogen) atoms. The van der Waals surface area contributed by atoms with Gasteiger partial charge in [-0.2, -0.15) is 0 Å². The maximum Gasteiger partial charge on any atom is 0.0599 e. The van der Waals surface area contributed by atoms with Gasteiger partial charge in [0.05, 0.1) is 11.1 Å². The van der Waals surface area contributed by atoms with Gasteiger partial charge in [0.15, 0.2) is 0 Å². The van der Waals surface area contributed by atoms with Crippen molar-refractivity contribution < 1.29 is 0 Å². The second kappa shape index (κ2) is 6.95. The smallest absolute Gasteiger partial charge is 0.0599 e. The zero-order chi connectivity index (χ0) is 14.7. The highest BCUT2D eigenvalue weighted by Gasteiger charge is 2.18. The van der Waals surface area contributed by atoms with Gasteiger partial charge in [0, 0.05) is 9.50 Å². The van der Waals surface area contributed by atoms with Crippen molar-refractivity contribution in [1.82, 2.24) is 5.32 Å². The van der Waals surface area contributed by atoms with E-state index >= 15 is 0 Å². The number of hydrogen-bond acceptors (Lipinski definition) is 1. The second-order valence-corrected chi connectivity index (χ2v) is 6.28. The van der Waals surface area contributed by atoms with Gasteiger partial charge in [0.25, 0.3) is 0 Å². The van der Waals surface area contributed by atoms with E-state index in [0.29, 0.717) is 0 Å². The summed E-state index contributed by atoms with van der Waals surface area (Å²) in [6.45, 7) is 4.92. The fraction of sp³-hybridized carbons (Fsp3) is 0.250. The maximum atomic E-state index is 6.42. The zero-order valence-corrected chi connectivity index (χ0v) is 14.5. The van der Waals surface area contributed by atoms with Crippen LogP contribution in [0.4, 0.5) is 0 Å². The summed E-state index contributed by atoms with van der Waals surface area (Å²) in [7, 11) is 0. The zero-order valence-electron chi connectivity index (χ0n) is 11.4. The van der Waals surface area contributed by atoms with E-state index < -0.39 is 0 Å². The molecule has 4 heteroatoms. The van der Waals surface area contributed by atoms with Crippen molar-refractivity contribution in [2.75, 3.05) is 6.54 Å². The summed E-state index contributed by atoms with van der Waals surface area (Å²) in [5.41, 5.74) is 3.23. The van der Waals surface area contributed by atoms with Crippen LogP contribution in [0.2, 0.25) is 10.0 Å². The van der Waals surface area contributed by atoms with Crippen molar-refractivity contribution in [3.05, 3.63) is 67.6 Å². The Bertz CT molecular complexity index is 613. The Morgan fingerprint density at radius 3 is 2.60 bits per heavy atom. The Balaban J connectivity index is 2.50. The molecule has 0 aromatic heterocycles. The highest BCUT2D eigenvalue weighted by atomic mass is 79.9. The van der Waals surface area contributed by atoms with Crippen molar-refractivity contribution in [3.8, 4) is 0 Å². The molecule has 1 unspecified atom stereocenters. The molecule has 1 N–H and O–H groups in total. The van der Waals surface area contributed by atoms with Crippen LogP contribution in [0.15, 0.2) is 40.9 Å². The Hall–Kier alpha value is -0.540. The van der Waals surface area contributed by atoms with E-state index in [1.807, 2.05) is 37.3 Å². The highest BCUT2D eigenvalue weighted by Crippen LogP contribution is 2.34. The number of hydrogen-bond donors (Lipinski definition) is 1. The van der Waals surface area contributed by atoms with Crippen LogP contribution < -0.4 is 5.32 Å². The largest absolute Gasteiger partial charge is 0.306 e. The lowest BCUT2D eigenvalue weighted by Gasteiger charge is -2.21. The number of halogens is 3. The van der Waals surface area contributed by atoms with E-state index in [9.17, 15) is 0 Å². The summed E-state index contributed by atoms with van der Waals surface area (Å²) in [6, 6.07) is 12.1. The molecule has 0 fully saturated rings. The topological polar surface area (TPSA) is 12.0 Å². The lowest BCUT2D eigenvalue weighted by molar-refractivity contribution is 0.630. The summed E-state index contributed by atoms with van der Waals surface area (Å²) in [5, 5.41) is 4.97. The molecule has 1 nitrogen and oxygen atoms in total. The van der Waals surface area contributed by atoms with Gasteiger partial charge in [-0.1, -0.05) is 54.4 Å². The Kier molecular flexibility index (Phi) is 5.50. The van der Waals surface area contributed by atoms with Gasteiger partial charge in [0.2, 0.25) is 0 Å². The van der Waals surface area contributed by atoms with Gasteiger partial charge in [0.1, 0.15) is 0 Å². The van der Waals surface area contributed by atoms with Gasteiger partial charge in [-0.25, -0.2) is 0 Å². The Morgan fingerprint density at radius 2 is 1.95 bits per heavy atom. The fourth-order valence-electron chi connectivity index (χ4n) is 2.14. The first-order chi connectivity index (χ1) is 9.54. The molecular weight excluding hydrogens is 357 g/mol. The molecule has 0 aliphatic carbocycles. The molecule has 1 atom stereocenters. The van der Waals surface area contributed by atoms with Gasteiger partial charge in [-0.05, 0) is 58.2 Å². The van der Waals surface area contributed by atoms with Crippen LogP contribution in [-0.4, -0.2) is 6.54 Å². The minimum absolute atomic E-state index is 0.0306. The van der Waals surface area contributed by atoms with Crippen molar-refractivity contribution in [3.63, 3.8) is 0 Å². The molecule has 0 aliphatic heterocycles. The summed E-state index contributed by atoms with van der Waals surface area (Å²) in [4.78, 5) is 0. The molecule has 2 rings (SSSR count). The van der Waals surface area contributed by atoms with Crippen LogP contribution >= 0.6 is 39.1 Å². The minimum Gasteiger partial charge on any atom is -0.306 e. The van der Waals surface area contributed by atoms with Crippen LogP contribution in [0.1, 0.15) is 29.7 Å². The molecule has 0 bridgehead atoms. The molecule has 106 valence electrons. The van der Waals surface area contributed by atoms with E-state index in [0.717, 1.165) is 37.8 Å². The molecule has 0 aliphatic rings. The Labute approximate surface area is 138 Å². The molecule has 2 aromatic carbocycles. The highest BCUT2D eigenvalue weighted by molar-refractivity contribution is 9.10. The third-order valence-corrected chi connectivity index (χ3v) is 4.95. The maximum absolute atomic E-state index is 6.42. The van der Waals surface area contributed by atoms with Crippen molar-refractivity contribution in [2.24, 2.45) is 0 Å². The van der Waals surface area contributed by atoms with E-state index in [1.165, 1.54) is 0 Å². The molecule has 0 heterocycles. The summed E-state index contributed by atoms with van der Waals surface area (Å²) < 4.78 is 0.901. The molecule has 0 saturated heterocycles. The number of nitrogens with one attached hydrogen (secondary N) is 1. The third-order valence-electron chi connectivity index (χ3n) is 3.23. The first kappa shape index (κ1) is 15.8. The average Bonchev–Trinajstić information content (AvgIpc) is 2.43. The fourth-order valence-corrected chi connectivity index (χ4v) is 2.95. The van der Waals surface area contributed by atoms with E-state index in [2.05, 4.69) is 34.2 Å². The summed E-state index contributed by atoms with van der Waals surface area (Å²) in [5.74, 6) is 0. The van der Waals surface area contributed by atoms with Crippen molar-refractivity contribution in [2.45, 2.75) is 19.9 Å². The lowest BCUT2D eigenvalue weighted by atomic mass is 9.97. The third kappa shape index (κ3) is 3.37. The van der Waals surface area contributed by atoms with Crippen LogP contribution in [0, 0.1) is 6.92 Å². The molecular formula is C16H16BrCl2N. The SMILES string of the molecule is CCNC(c1ccc(C)c(Cl)c1)c1cccc(Br)c1Cl. The number of aryl methyl sites for hydroxylation is 1. The van der Waals surface area contributed by atoms with Gasteiger partial charge in [-0.3, -0.25) is 0 Å². The molecule has 0 saturated carbocycles. The molecule has 0 spiro atoms. The van der Waals surface area contributed by atoms with Crippen LogP contribution in [0.5, 0.6) is 0 Å². The first-order valence-corrected chi connectivity index (χ1v) is 8.02. The van der Waals surface area contributed by atoms with Gasteiger partial charge in [-0.15, -0.1) is 0 Å². The summed E-state index contributed by atoms with van der Waals surface area (Å²) >= 11 is 16.1. The Morgan fingerprint density at radius 1 is 1.20 bits per heavy atom. The first-order valence-electron chi connectivity index (χ1n) is 6.48. The summed E-state index contributed by atoms with van der Waals surface area (Å²) in [6.07, 6.45) is 0.